The molecule has 0 spiro atoms. The predicted molar refractivity (Wildman–Crippen MR) is 101 cm³/mol. The van der Waals surface area contributed by atoms with Gasteiger partial charge in [-0.15, -0.1) is 0 Å². The molecule has 0 bridgehead atoms. The van der Waals surface area contributed by atoms with E-state index < -0.39 is 0 Å². The Hall–Kier alpha value is -3.53. The van der Waals surface area contributed by atoms with E-state index in [0.717, 1.165) is 11.1 Å². The summed E-state index contributed by atoms with van der Waals surface area (Å²) in [5, 5.41) is 9.77. The van der Waals surface area contributed by atoms with Gasteiger partial charge in [-0.25, -0.2) is 0 Å². The molecule has 1 aliphatic carbocycles. The zero-order chi connectivity index (χ0) is 19.1. The smallest absolute Gasteiger partial charge is 0.195 e. The minimum atomic E-state index is -0.270. The molecule has 132 valence electrons. The van der Waals surface area contributed by atoms with E-state index >= 15 is 0 Å². The number of ketones is 3. The van der Waals surface area contributed by atoms with Crippen molar-refractivity contribution in [2.45, 2.75) is 13.3 Å². The normalized spacial score (nSPS) is 11.8. The Bertz CT molecular complexity index is 1120. The number of phenols is 1. The van der Waals surface area contributed by atoms with E-state index in [2.05, 4.69) is 0 Å². The number of carbonyl (C=O) groups is 3. The number of benzene rings is 3. The molecule has 0 fully saturated rings. The van der Waals surface area contributed by atoms with Crippen LogP contribution in [-0.2, 0) is 6.42 Å². The van der Waals surface area contributed by atoms with Crippen molar-refractivity contribution in [3.63, 3.8) is 0 Å². The van der Waals surface area contributed by atoms with E-state index in [-0.39, 0.29) is 35.1 Å². The highest BCUT2D eigenvalue weighted by molar-refractivity contribution is 6.26. The minimum Gasteiger partial charge on any atom is -0.507 e. The van der Waals surface area contributed by atoms with E-state index in [1.165, 1.54) is 19.1 Å². The maximum Gasteiger partial charge on any atom is 0.195 e. The number of carbonyl (C=O) groups excluding carboxylic acids is 3. The molecule has 3 aromatic carbocycles. The summed E-state index contributed by atoms with van der Waals surface area (Å²) in [6, 6.07) is 17.2. The van der Waals surface area contributed by atoms with E-state index in [9.17, 15) is 19.5 Å². The van der Waals surface area contributed by atoms with Gasteiger partial charge in [-0.05, 0) is 35.7 Å². The molecule has 0 aromatic heterocycles. The average Bonchev–Trinajstić information content (AvgIpc) is 2.96. The summed E-state index contributed by atoms with van der Waals surface area (Å²) >= 11 is 0. The first-order valence-corrected chi connectivity index (χ1v) is 8.60. The lowest BCUT2D eigenvalue weighted by molar-refractivity contribution is 0.0975. The first-order chi connectivity index (χ1) is 13.0. The Morgan fingerprint density at radius 3 is 2.30 bits per heavy atom. The Balaban J connectivity index is 1.72. The van der Waals surface area contributed by atoms with Crippen LogP contribution in [0.2, 0.25) is 0 Å². The van der Waals surface area contributed by atoms with E-state index in [0.29, 0.717) is 22.3 Å². The van der Waals surface area contributed by atoms with Crippen LogP contribution in [-0.4, -0.2) is 22.5 Å². The van der Waals surface area contributed by atoms with Gasteiger partial charge in [0.1, 0.15) is 5.75 Å². The van der Waals surface area contributed by atoms with E-state index in [1.807, 2.05) is 24.3 Å². The standard InChI is InChI=1S/C23H16O4/c1-13(24)19-11-14(9-10-20(19)25)12-21(26)18-8-4-7-16-15-5-2-3-6-17(15)23(27)22(16)18/h2-11,25H,12H2,1H3. The third-order valence-corrected chi connectivity index (χ3v) is 4.86. The monoisotopic (exact) mass is 356 g/mol. The number of fused-ring (bicyclic) bond motifs is 3. The van der Waals surface area contributed by atoms with E-state index in [4.69, 9.17) is 0 Å². The van der Waals surface area contributed by atoms with Gasteiger partial charge in [0.05, 0.1) is 5.56 Å². The highest BCUT2D eigenvalue weighted by atomic mass is 16.3. The summed E-state index contributed by atoms with van der Waals surface area (Å²) in [7, 11) is 0. The van der Waals surface area contributed by atoms with Crippen molar-refractivity contribution >= 4 is 17.3 Å². The Kier molecular flexibility index (Phi) is 3.96. The first-order valence-electron chi connectivity index (χ1n) is 8.60. The molecule has 0 unspecified atom stereocenters. The first kappa shape index (κ1) is 16.9. The fourth-order valence-corrected chi connectivity index (χ4v) is 3.56. The molecule has 1 aliphatic rings. The van der Waals surface area contributed by atoms with Crippen molar-refractivity contribution in [3.05, 3.63) is 88.5 Å². The zero-order valence-corrected chi connectivity index (χ0v) is 14.7. The topological polar surface area (TPSA) is 71.4 Å². The lowest BCUT2D eigenvalue weighted by Crippen LogP contribution is -2.10. The highest BCUT2D eigenvalue weighted by Crippen LogP contribution is 2.38. The molecular weight excluding hydrogens is 340 g/mol. The Labute approximate surface area is 156 Å². The van der Waals surface area contributed by atoms with Gasteiger partial charge in [0.25, 0.3) is 0 Å². The van der Waals surface area contributed by atoms with Crippen molar-refractivity contribution in [2.24, 2.45) is 0 Å². The maximum atomic E-state index is 12.9. The second-order valence-electron chi connectivity index (χ2n) is 6.61. The van der Waals surface area contributed by atoms with Gasteiger partial charge in [0.2, 0.25) is 0 Å². The zero-order valence-electron chi connectivity index (χ0n) is 14.7. The van der Waals surface area contributed by atoms with Crippen LogP contribution < -0.4 is 0 Å². The number of phenolic OH excluding ortho intramolecular Hbond substituents is 1. The quantitative estimate of drug-likeness (QED) is 0.556. The van der Waals surface area contributed by atoms with Gasteiger partial charge in [-0.1, -0.05) is 48.5 Å². The molecule has 0 saturated heterocycles. The molecule has 4 rings (SSSR count). The van der Waals surface area contributed by atoms with Gasteiger partial charge in [0.15, 0.2) is 17.3 Å². The van der Waals surface area contributed by atoms with Crippen LogP contribution >= 0.6 is 0 Å². The Morgan fingerprint density at radius 2 is 1.56 bits per heavy atom. The molecule has 4 heteroatoms. The van der Waals surface area contributed by atoms with Gasteiger partial charge >= 0.3 is 0 Å². The van der Waals surface area contributed by atoms with Crippen molar-refractivity contribution < 1.29 is 19.5 Å². The van der Waals surface area contributed by atoms with Gasteiger partial charge in [-0.2, -0.15) is 0 Å². The molecule has 27 heavy (non-hydrogen) atoms. The summed E-state index contributed by atoms with van der Waals surface area (Å²) in [6.45, 7) is 1.36. The van der Waals surface area contributed by atoms with Gasteiger partial charge in [0, 0.05) is 23.1 Å². The number of rotatable bonds is 4. The third-order valence-electron chi connectivity index (χ3n) is 4.86. The van der Waals surface area contributed by atoms with Crippen molar-refractivity contribution in [2.75, 3.05) is 0 Å². The minimum absolute atomic E-state index is 0.0423. The molecule has 0 atom stereocenters. The molecule has 0 amide bonds. The highest BCUT2D eigenvalue weighted by Gasteiger charge is 2.30. The summed E-state index contributed by atoms with van der Waals surface area (Å²) in [4.78, 5) is 37.4. The number of aromatic hydroxyl groups is 1. The fourth-order valence-electron chi connectivity index (χ4n) is 3.56. The lowest BCUT2D eigenvalue weighted by atomic mass is 9.94. The summed E-state index contributed by atoms with van der Waals surface area (Å²) in [5.41, 5.74) is 3.84. The summed E-state index contributed by atoms with van der Waals surface area (Å²) in [6.07, 6.45) is 0.0423. The molecule has 0 saturated carbocycles. The molecule has 0 aliphatic heterocycles. The third kappa shape index (κ3) is 2.75. The van der Waals surface area contributed by atoms with Crippen LogP contribution in [0, 0.1) is 0 Å². The van der Waals surface area contributed by atoms with Gasteiger partial charge in [-0.3, -0.25) is 14.4 Å². The van der Waals surface area contributed by atoms with Crippen LogP contribution in [0.1, 0.15) is 49.1 Å². The summed E-state index contributed by atoms with van der Waals surface area (Å²) in [5.74, 6) is -0.717. The fraction of sp³-hybridized carbons (Fsp3) is 0.0870. The average molecular weight is 356 g/mol. The SMILES string of the molecule is CC(=O)c1cc(CC(=O)c2cccc3c2C(=O)c2ccccc2-3)ccc1O. The molecule has 0 heterocycles. The predicted octanol–water partition coefficient (Wildman–Crippen LogP) is 4.23. The van der Waals surface area contributed by atoms with Gasteiger partial charge < -0.3 is 5.11 Å². The molecular formula is C23H16O4. The van der Waals surface area contributed by atoms with Crippen LogP contribution in [0.3, 0.4) is 0 Å². The second-order valence-corrected chi connectivity index (χ2v) is 6.61. The van der Waals surface area contributed by atoms with Crippen LogP contribution in [0.4, 0.5) is 0 Å². The van der Waals surface area contributed by atoms with Crippen molar-refractivity contribution in [1.82, 2.24) is 0 Å². The van der Waals surface area contributed by atoms with Crippen LogP contribution in [0.25, 0.3) is 11.1 Å². The van der Waals surface area contributed by atoms with Crippen molar-refractivity contribution in [1.29, 1.82) is 0 Å². The van der Waals surface area contributed by atoms with E-state index in [1.54, 1.807) is 24.3 Å². The molecule has 0 radical (unpaired) electrons. The summed E-state index contributed by atoms with van der Waals surface area (Å²) < 4.78 is 0. The second kappa shape index (κ2) is 6.32. The molecule has 4 nitrogen and oxygen atoms in total. The van der Waals surface area contributed by atoms with Crippen LogP contribution in [0.15, 0.2) is 60.7 Å². The number of hydrogen-bond acceptors (Lipinski definition) is 4. The number of hydrogen-bond donors (Lipinski definition) is 1. The largest absolute Gasteiger partial charge is 0.507 e. The Morgan fingerprint density at radius 1 is 0.852 bits per heavy atom. The molecule has 3 aromatic rings. The number of Topliss-reactive ketones (excluding diaryl/α,β-unsaturated/α-hetero) is 2. The molecule has 1 N–H and O–H groups in total. The van der Waals surface area contributed by atoms with Crippen LogP contribution in [0.5, 0.6) is 5.75 Å². The maximum absolute atomic E-state index is 12.9. The lowest BCUT2D eigenvalue weighted by Gasteiger charge is -2.08. The van der Waals surface area contributed by atoms with Crippen molar-refractivity contribution in [3.8, 4) is 16.9 Å².